The summed E-state index contributed by atoms with van der Waals surface area (Å²) >= 11 is 0. The van der Waals surface area contributed by atoms with Crippen LogP contribution in [0.2, 0.25) is 0 Å². The quantitative estimate of drug-likeness (QED) is 0.860. The standard InChI is InChI=1S/C19H33N5O/c1-4-15(2)24-18(7-10-20-24)21-19(25)16(3)22-13-8-17(9-14-22)23-11-5-6-12-23/h7,10,15-17H,4-6,8-9,11-14H2,1-3H3,(H,21,25)/t15-,16+/m0/s1. The molecule has 0 unspecified atom stereocenters. The molecule has 2 saturated heterocycles. The van der Waals surface area contributed by atoms with Crippen LogP contribution in [0, 0.1) is 0 Å². The van der Waals surface area contributed by atoms with Crippen molar-refractivity contribution >= 4 is 11.7 Å². The van der Waals surface area contributed by atoms with Crippen LogP contribution in [-0.2, 0) is 4.79 Å². The third kappa shape index (κ3) is 4.23. The molecule has 0 saturated carbocycles. The summed E-state index contributed by atoms with van der Waals surface area (Å²) in [6, 6.07) is 2.80. The van der Waals surface area contributed by atoms with Gasteiger partial charge in [-0.15, -0.1) is 0 Å². The van der Waals surface area contributed by atoms with Gasteiger partial charge in [-0.1, -0.05) is 6.92 Å². The maximum absolute atomic E-state index is 12.7. The van der Waals surface area contributed by atoms with E-state index in [0.29, 0.717) is 0 Å². The third-order valence-corrected chi connectivity index (χ3v) is 6.01. The largest absolute Gasteiger partial charge is 0.310 e. The molecule has 2 fully saturated rings. The lowest BCUT2D eigenvalue weighted by Crippen LogP contribution is -2.50. The Kier molecular flexibility index (Phi) is 6.12. The predicted octanol–water partition coefficient (Wildman–Crippen LogP) is 2.74. The molecule has 2 atom stereocenters. The van der Waals surface area contributed by atoms with Crippen LogP contribution in [0.5, 0.6) is 0 Å². The number of amides is 1. The van der Waals surface area contributed by atoms with Gasteiger partial charge in [0.15, 0.2) is 0 Å². The van der Waals surface area contributed by atoms with Crippen molar-refractivity contribution in [1.29, 1.82) is 0 Å². The van der Waals surface area contributed by atoms with Crippen LogP contribution in [0.1, 0.15) is 58.9 Å². The van der Waals surface area contributed by atoms with Crippen molar-refractivity contribution in [3.05, 3.63) is 12.3 Å². The first-order valence-electron chi connectivity index (χ1n) is 9.92. The molecule has 6 heteroatoms. The first-order valence-corrected chi connectivity index (χ1v) is 9.92. The van der Waals surface area contributed by atoms with Gasteiger partial charge in [0, 0.05) is 25.2 Å². The molecule has 3 heterocycles. The second-order valence-electron chi connectivity index (χ2n) is 7.59. The minimum absolute atomic E-state index is 0.0738. The Bertz CT molecular complexity index is 558. The number of hydrogen-bond donors (Lipinski definition) is 1. The molecule has 0 aromatic carbocycles. The average molecular weight is 348 g/mol. The highest BCUT2D eigenvalue weighted by atomic mass is 16.2. The van der Waals surface area contributed by atoms with Gasteiger partial charge in [0.2, 0.25) is 5.91 Å². The molecule has 1 amide bonds. The molecule has 0 aliphatic carbocycles. The highest BCUT2D eigenvalue weighted by molar-refractivity contribution is 5.93. The number of hydrogen-bond acceptors (Lipinski definition) is 4. The van der Waals surface area contributed by atoms with E-state index < -0.39 is 0 Å². The van der Waals surface area contributed by atoms with Gasteiger partial charge in [-0.05, 0) is 59.0 Å². The van der Waals surface area contributed by atoms with Gasteiger partial charge in [0.1, 0.15) is 5.82 Å². The second-order valence-corrected chi connectivity index (χ2v) is 7.59. The minimum Gasteiger partial charge on any atom is -0.310 e. The lowest BCUT2D eigenvalue weighted by molar-refractivity contribution is -0.121. The zero-order valence-electron chi connectivity index (χ0n) is 15.9. The molecule has 6 nitrogen and oxygen atoms in total. The summed E-state index contributed by atoms with van der Waals surface area (Å²) in [5.41, 5.74) is 0. The fraction of sp³-hybridized carbons (Fsp3) is 0.789. The molecule has 1 aromatic heterocycles. The highest BCUT2D eigenvalue weighted by Crippen LogP contribution is 2.23. The maximum atomic E-state index is 12.7. The fourth-order valence-corrected chi connectivity index (χ4v) is 4.08. The summed E-state index contributed by atoms with van der Waals surface area (Å²) < 4.78 is 1.91. The van der Waals surface area contributed by atoms with E-state index in [-0.39, 0.29) is 18.0 Å². The number of aromatic nitrogens is 2. The van der Waals surface area contributed by atoms with Gasteiger partial charge in [0.25, 0.3) is 0 Å². The van der Waals surface area contributed by atoms with Crippen LogP contribution >= 0.6 is 0 Å². The monoisotopic (exact) mass is 347 g/mol. The van der Waals surface area contributed by atoms with Gasteiger partial charge in [0.05, 0.1) is 18.3 Å². The Morgan fingerprint density at radius 2 is 1.92 bits per heavy atom. The summed E-state index contributed by atoms with van der Waals surface area (Å²) in [5, 5.41) is 7.43. The molecule has 1 N–H and O–H groups in total. The SMILES string of the molecule is CC[C@H](C)n1nccc1NC(=O)[C@@H](C)N1CCC(N2CCCC2)CC1. The number of likely N-dealkylation sites (tertiary alicyclic amines) is 2. The topological polar surface area (TPSA) is 53.4 Å². The van der Waals surface area contributed by atoms with Crippen molar-refractivity contribution in [3.8, 4) is 0 Å². The third-order valence-electron chi connectivity index (χ3n) is 6.01. The van der Waals surface area contributed by atoms with Crippen molar-refractivity contribution in [1.82, 2.24) is 19.6 Å². The molecule has 0 bridgehead atoms. The van der Waals surface area contributed by atoms with E-state index in [1.165, 1.54) is 38.8 Å². The summed E-state index contributed by atoms with van der Waals surface area (Å²) in [5.74, 6) is 0.878. The Morgan fingerprint density at radius 1 is 1.24 bits per heavy atom. The molecular formula is C19H33N5O. The van der Waals surface area contributed by atoms with E-state index in [4.69, 9.17) is 0 Å². The van der Waals surface area contributed by atoms with Crippen LogP contribution in [0.25, 0.3) is 0 Å². The Hall–Kier alpha value is -1.40. The number of piperidine rings is 1. The van der Waals surface area contributed by atoms with E-state index in [2.05, 4.69) is 34.1 Å². The van der Waals surface area contributed by atoms with Crippen molar-refractivity contribution in [2.45, 2.75) is 71.0 Å². The molecular weight excluding hydrogens is 314 g/mol. The van der Waals surface area contributed by atoms with E-state index in [1.54, 1.807) is 6.20 Å². The number of carbonyl (C=O) groups is 1. The first-order chi connectivity index (χ1) is 12.1. The van der Waals surface area contributed by atoms with E-state index in [1.807, 2.05) is 17.7 Å². The van der Waals surface area contributed by atoms with Crippen molar-refractivity contribution in [2.24, 2.45) is 0 Å². The average Bonchev–Trinajstić information content (AvgIpc) is 3.32. The lowest BCUT2D eigenvalue weighted by atomic mass is 10.0. The van der Waals surface area contributed by atoms with Crippen LogP contribution in [-0.4, -0.2) is 63.8 Å². The van der Waals surface area contributed by atoms with E-state index in [0.717, 1.165) is 31.4 Å². The summed E-state index contributed by atoms with van der Waals surface area (Å²) in [7, 11) is 0. The van der Waals surface area contributed by atoms with Crippen molar-refractivity contribution < 1.29 is 4.79 Å². The maximum Gasteiger partial charge on any atom is 0.242 e. The number of rotatable bonds is 6. The molecule has 140 valence electrons. The van der Waals surface area contributed by atoms with Gasteiger partial charge in [-0.25, -0.2) is 4.68 Å². The van der Waals surface area contributed by atoms with Crippen LogP contribution < -0.4 is 5.32 Å². The Labute approximate surface area is 151 Å². The number of carbonyl (C=O) groups excluding carboxylic acids is 1. The smallest absolute Gasteiger partial charge is 0.242 e. The predicted molar refractivity (Wildman–Crippen MR) is 101 cm³/mol. The fourth-order valence-electron chi connectivity index (χ4n) is 4.08. The molecule has 25 heavy (non-hydrogen) atoms. The lowest BCUT2D eigenvalue weighted by Gasteiger charge is -2.38. The zero-order chi connectivity index (χ0) is 17.8. The second kappa shape index (κ2) is 8.32. The van der Waals surface area contributed by atoms with Gasteiger partial charge in [-0.3, -0.25) is 9.69 Å². The number of nitrogens with one attached hydrogen (secondary N) is 1. The molecule has 2 aliphatic rings. The Balaban J connectivity index is 1.52. The van der Waals surface area contributed by atoms with Crippen molar-refractivity contribution in [3.63, 3.8) is 0 Å². The highest BCUT2D eigenvalue weighted by Gasteiger charge is 2.30. The van der Waals surface area contributed by atoms with Gasteiger partial charge < -0.3 is 10.2 Å². The van der Waals surface area contributed by atoms with Crippen LogP contribution in [0.15, 0.2) is 12.3 Å². The molecule has 3 rings (SSSR count). The first kappa shape index (κ1) is 18.4. The van der Waals surface area contributed by atoms with Crippen molar-refractivity contribution in [2.75, 3.05) is 31.5 Å². The molecule has 0 radical (unpaired) electrons. The molecule has 1 aromatic rings. The summed E-state index contributed by atoms with van der Waals surface area (Å²) in [6.45, 7) is 10.8. The summed E-state index contributed by atoms with van der Waals surface area (Å²) in [4.78, 5) is 17.7. The molecule has 2 aliphatic heterocycles. The van der Waals surface area contributed by atoms with E-state index >= 15 is 0 Å². The number of nitrogens with zero attached hydrogens (tertiary/aromatic N) is 4. The minimum atomic E-state index is -0.0974. The van der Waals surface area contributed by atoms with E-state index in [9.17, 15) is 4.79 Å². The van der Waals surface area contributed by atoms with Gasteiger partial charge in [-0.2, -0.15) is 5.10 Å². The zero-order valence-corrected chi connectivity index (χ0v) is 15.9. The van der Waals surface area contributed by atoms with Gasteiger partial charge >= 0.3 is 0 Å². The van der Waals surface area contributed by atoms with Crippen LogP contribution in [0.4, 0.5) is 5.82 Å². The number of anilines is 1. The summed E-state index contributed by atoms with van der Waals surface area (Å²) in [6.07, 6.45) is 7.81. The normalized spacial score (nSPS) is 22.8. The van der Waals surface area contributed by atoms with Crippen LogP contribution in [0.3, 0.4) is 0 Å². The molecule has 0 spiro atoms. The Morgan fingerprint density at radius 3 is 2.56 bits per heavy atom.